The SMILES string of the molecule is CC(C)(C)NCC1(CCCC2CCCO2)CC2CCC1C2. The summed E-state index contributed by atoms with van der Waals surface area (Å²) in [6.07, 6.45) is 13.3. The molecule has 3 rings (SSSR count). The second-order valence-electron chi connectivity index (χ2n) is 9.07. The first-order valence-electron chi connectivity index (χ1n) is 9.34. The van der Waals surface area contributed by atoms with Crippen LogP contribution < -0.4 is 5.32 Å². The molecule has 1 aliphatic heterocycles. The molecule has 2 saturated carbocycles. The van der Waals surface area contributed by atoms with Crippen LogP contribution in [0.4, 0.5) is 0 Å². The smallest absolute Gasteiger partial charge is 0.0576 e. The minimum absolute atomic E-state index is 0.253. The van der Waals surface area contributed by atoms with Crippen molar-refractivity contribution in [2.24, 2.45) is 17.3 Å². The van der Waals surface area contributed by atoms with Gasteiger partial charge in [0.1, 0.15) is 0 Å². The van der Waals surface area contributed by atoms with Crippen LogP contribution in [0, 0.1) is 17.3 Å². The zero-order valence-corrected chi connectivity index (χ0v) is 14.4. The molecule has 0 aromatic rings. The third kappa shape index (κ3) is 3.82. The van der Waals surface area contributed by atoms with Crippen LogP contribution in [0.15, 0.2) is 0 Å². The van der Waals surface area contributed by atoms with Crippen LogP contribution in [-0.2, 0) is 4.74 Å². The monoisotopic (exact) mass is 293 g/mol. The van der Waals surface area contributed by atoms with Gasteiger partial charge in [-0.1, -0.05) is 12.8 Å². The molecule has 0 amide bonds. The Morgan fingerprint density at radius 3 is 2.62 bits per heavy atom. The van der Waals surface area contributed by atoms with Crippen molar-refractivity contribution < 1.29 is 4.74 Å². The Bertz CT molecular complexity index is 342. The number of hydrogen-bond acceptors (Lipinski definition) is 2. The van der Waals surface area contributed by atoms with E-state index in [1.165, 1.54) is 64.3 Å². The largest absolute Gasteiger partial charge is 0.378 e. The molecule has 2 bridgehead atoms. The first-order valence-corrected chi connectivity index (χ1v) is 9.34. The van der Waals surface area contributed by atoms with E-state index in [2.05, 4.69) is 26.1 Å². The highest BCUT2D eigenvalue weighted by Crippen LogP contribution is 2.58. The molecule has 1 N–H and O–H groups in total. The van der Waals surface area contributed by atoms with Gasteiger partial charge in [-0.2, -0.15) is 0 Å². The maximum atomic E-state index is 5.81. The van der Waals surface area contributed by atoms with Crippen LogP contribution in [0.3, 0.4) is 0 Å². The van der Waals surface area contributed by atoms with Gasteiger partial charge in [-0.3, -0.25) is 0 Å². The van der Waals surface area contributed by atoms with Crippen molar-refractivity contribution in [3.8, 4) is 0 Å². The van der Waals surface area contributed by atoms with Crippen molar-refractivity contribution in [3.05, 3.63) is 0 Å². The number of hydrogen-bond donors (Lipinski definition) is 1. The van der Waals surface area contributed by atoms with E-state index < -0.39 is 0 Å². The van der Waals surface area contributed by atoms with Crippen molar-refractivity contribution in [1.82, 2.24) is 5.32 Å². The lowest BCUT2D eigenvalue weighted by Gasteiger charge is -2.40. The van der Waals surface area contributed by atoms with E-state index >= 15 is 0 Å². The Labute approximate surface area is 131 Å². The van der Waals surface area contributed by atoms with Crippen molar-refractivity contribution in [3.63, 3.8) is 0 Å². The first kappa shape index (κ1) is 15.8. The molecule has 2 nitrogen and oxygen atoms in total. The molecular formula is C19H35NO. The molecule has 2 aliphatic carbocycles. The highest BCUT2D eigenvalue weighted by Gasteiger charge is 2.50. The van der Waals surface area contributed by atoms with Crippen molar-refractivity contribution >= 4 is 0 Å². The summed E-state index contributed by atoms with van der Waals surface area (Å²) in [4.78, 5) is 0. The van der Waals surface area contributed by atoms with Gasteiger partial charge in [0, 0.05) is 18.7 Å². The summed E-state index contributed by atoms with van der Waals surface area (Å²) in [6.45, 7) is 9.16. The fourth-order valence-corrected chi connectivity index (χ4v) is 5.16. The van der Waals surface area contributed by atoms with Gasteiger partial charge in [-0.25, -0.2) is 0 Å². The predicted octanol–water partition coefficient (Wildman–Crippen LogP) is 4.53. The number of fused-ring (bicyclic) bond motifs is 2. The van der Waals surface area contributed by atoms with Gasteiger partial charge in [-0.15, -0.1) is 0 Å². The second kappa shape index (κ2) is 6.20. The van der Waals surface area contributed by atoms with Crippen LogP contribution in [-0.4, -0.2) is 24.8 Å². The summed E-state index contributed by atoms with van der Waals surface area (Å²) in [5.41, 5.74) is 0.859. The average molecular weight is 293 g/mol. The Morgan fingerprint density at radius 2 is 2.05 bits per heavy atom. The minimum Gasteiger partial charge on any atom is -0.378 e. The summed E-state index contributed by atoms with van der Waals surface area (Å²) in [6, 6.07) is 0. The molecule has 1 saturated heterocycles. The summed E-state index contributed by atoms with van der Waals surface area (Å²) in [5.74, 6) is 2.04. The van der Waals surface area contributed by atoms with Crippen LogP contribution in [0.2, 0.25) is 0 Å². The second-order valence-corrected chi connectivity index (χ2v) is 9.07. The summed E-state index contributed by atoms with van der Waals surface area (Å²) in [7, 11) is 0. The predicted molar refractivity (Wildman–Crippen MR) is 88.5 cm³/mol. The summed E-state index contributed by atoms with van der Waals surface area (Å²) in [5, 5.41) is 3.84. The molecule has 122 valence electrons. The molecular weight excluding hydrogens is 258 g/mol. The summed E-state index contributed by atoms with van der Waals surface area (Å²) < 4.78 is 5.81. The zero-order valence-electron chi connectivity index (χ0n) is 14.4. The van der Waals surface area contributed by atoms with Crippen molar-refractivity contribution in [1.29, 1.82) is 0 Å². The van der Waals surface area contributed by atoms with E-state index in [-0.39, 0.29) is 5.54 Å². The van der Waals surface area contributed by atoms with Gasteiger partial charge in [0.25, 0.3) is 0 Å². The van der Waals surface area contributed by atoms with E-state index in [4.69, 9.17) is 4.74 Å². The average Bonchev–Trinajstić information content (AvgIpc) is 3.12. The van der Waals surface area contributed by atoms with Crippen molar-refractivity contribution in [2.45, 2.75) is 90.2 Å². The number of nitrogens with one attached hydrogen (secondary N) is 1. The highest BCUT2D eigenvalue weighted by molar-refractivity contribution is 5.02. The highest BCUT2D eigenvalue weighted by atomic mass is 16.5. The number of rotatable bonds is 6. The quantitative estimate of drug-likeness (QED) is 0.777. The van der Waals surface area contributed by atoms with Gasteiger partial charge in [0.15, 0.2) is 0 Å². The fourth-order valence-electron chi connectivity index (χ4n) is 5.16. The summed E-state index contributed by atoms with van der Waals surface area (Å²) >= 11 is 0. The van der Waals surface area contributed by atoms with Gasteiger partial charge in [-0.05, 0) is 83.0 Å². The molecule has 21 heavy (non-hydrogen) atoms. The molecule has 0 aromatic heterocycles. The van der Waals surface area contributed by atoms with E-state index in [0.29, 0.717) is 11.5 Å². The molecule has 3 fully saturated rings. The minimum atomic E-state index is 0.253. The zero-order chi connectivity index (χ0) is 14.9. The van der Waals surface area contributed by atoms with E-state index in [1.54, 1.807) is 0 Å². The van der Waals surface area contributed by atoms with Crippen LogP contribution in [0.1, 0.15) is 78.6 Å². The van der Waals surface area contributed by atoms with Crippen LogP contribution in [0.5, 0.6) is 0 Å². The van der Waals surface area contributed by atoms with Gasteiger partial charge in [0.2, 0.25) is 0 Å². The maximum absolute atomic E-state index is 5.81. The Hall–Kier alpha value is -0.0800. The van der Waals surface area contributed by atoms with Gasteiger partial charge in [0.05, 0.1) is 6.10 Å². The Balaban J connectivity index is 1.54. The molecule has 4 unspecified atom stereocenters. The standard InChI is InChI=1S/C19H35NO/c1-18(2,3)20-14-19(13-15-8-9-16(19)12-15)10-4-6-17-7-5-11-21-17/h15-17,20H,4-14H2,1-3H3. The normalized spacial score (nSPS) is 39.3. The van der Waals surface area contributed by atoms with Crippen LogP contribution in [0.25, 0.3) is 0 Å². The van der Waals surface area contributed by atoms with Crippen LogP contribution >= 0.6 is 0 Å². The van der Waals surface area contributed by atoms with E-state index in [0.717, 1.165) is 18.4 Å². The lowest BCUT2D eigenvalue weighted by molar-refractivity contribution is 0.0856. The number of ether oxygens (including phenoxy) is 1. The van der Waals surface area contributed by atoms with E-state index in [1.807, 2.05) is 0 Å². The molecule has 0 radical (unpaired) electrons. The van der Waals surface area contributed by atoms with E-state index in [9.17, 15) is 0 Å². The lowest BCUT2D eigenvalue weighted by atomic mass is 9.69. The first-order chi connectivity index (χ1) is 9.97. The molecule has 0 spiro atoms. The Kier molecular flexibility index (Phi) is 4.66. The van der Waals surface area contributed by atoms with Gasteiger partial charge < -0.3 is 10.1 Å². The molecule has 2 heteroatoms. The maximum Gasteiger partial charge on any atom is 0.0576 e. The topological polar surface area (TPSA) is 21.3 Å². The Morgan fingerprint density at radius 1 is 1.19 bits per heavy atom. The molecule has 4 atom stereocenters. The molecule has 0 aromatic carbocycles. The molecule has 1 heterocycles. The fraction of sp³-hybridized carbons (Fsp3) is 1.00. The third-order valence-corrected chi connectivity index (χ3v) is 6.30. The molecule has 3 aliphatic rings. The lowest BCUT2D eigenvalue weighted by Crippen LogP contribution is -2.46. The van der Waals surface area contributed by atoms with Crippen molar-refractivity contribution in [2.75, 3.05) is 13.2 Å². The third-order valence-electron chi connectivity index (χ3n) is 6.30. The van der Waals surface area contributed by atoms with Gasteiger partial charge >= 0.3 is 0 Å².